The van der Waals surface area contributed by atoms with E-state index in [1.54, 1.807) is 12.3 Å². The molecule has 0 saturated heterocycles. The summed E-state index contributed by atoms with van der Waals surface area (Å²) in [6.45, 7) is 12.9. The van der Waals surface area contributed by atoms with Crippen molar-refractivity contribution in [1.82, 2.24) is 19.5 Å². The predicted octanol–water partition coefficient (Wildman–Crippen LogP) is 14.0. The third kappa shape index (κ3) is 8.15. The molecular weight excluding hydrogens is 908 g/mol. The molecule has 9 rings (SSSR count). The van der Waals surface area contributed by atoms with Gasteiger partial charge in [0, 0.05) is 59.1 Å². The molecule has 0 fully saturated rings. The van der Waals surface area contributed by atoms with Crippen LogP contribution in [0.3, 0.4) is 0 Å². The zero-order chi connectivity index (χ0) is 43.2. The Morgan fingerprint density at radius 2 is 1.47 bits per heavy atom. The van der Waals surface area contributed by atoms with Crippen LogP contribution >= 0.6 is 0 Å². The Hall–Kier alpha value is -5.75. The van der Waals surface area contributed by atoms with Gasteiger partial charge in [0.15, 0.2) is 5.65 Å². The minimum absolute atomic E-state index is 0. The van der Waals surface area contributed by atoms with Crippen LogP contribution < -0.4 is 0 Å². The largest absolute Gasteiger partial charge is 0.501 e. The molecule has 0 N–H and O–H groups in total. The fourth-order valence-electron chi connectivity index (χ4n) is 7.42. The molecule has 0 saturated carbocycles. The molecular formula is C52H47FIrN4O-2. The van der Waals surface area contributed by atoms with Crippen LogP contribution in [0.1, 0.15) is 86.7 Å². The van der Waals surface area contributed by atoms with E-state index in [0.717, 1.165) is 61.6 Å². The quantitative estimate of drug-likeness (QED) is 0.156. The molecule has 0 amide bonds. The molecule has 0 aliphatic heterocycles. The number of aromatic nitrogens is 4. The Labute approximate surface area is 364 Å². The molecule has 0 bridgehead atoms. The molecule has 299 valence electrons. The van der Waals surface area contributed by atoms with Crippen molar-refractivity contribution in [2.45, 2.75) is 72.6 Å². The zero-order valence-corrected chi connectivity index (χ0v) is 36.6. The molecule has 0 atom stereocenters. The second-order valence-corrected chi connectivity index (χ2v) is 16.3. The van der Waals surface area contributed by atoms with Gasteiger partial charge in [-0.25, -0.2) is 4.98 Å². The molecule has 4 aromatic heterocycles. The summed E-state index contributed by atoms with van der Waals surface area (Å²) >= 11 is 0. The number of aryl methyl sites for hydroxylation is 1. The fraction of sp³-hybridized carbons (Fsp3) is 0.212. The topological polar surface area (TPSA) is 56.7 Å². The van der Waals surface area contributed by atoms with Crippen LogP contribution in [0.15, 0.2) is 132 Å². The molecule has 5 nitrogen and oxygen atoms in total. The van der Waals surface area contributed by atoms with Crippen molar-refractivity contribution in [3.63, 3.8) is 0 Å². The summed E-state index contributed by atoms with van der Waals surface area (Å²) in [5, 5.41) is 2.15. The molecule has 5 aromatic carbocycles. The van der Waals surface area contributed by atoms with Gasteiger partial charge in [0.1, 0.15) is 5.58 Å². The first-order valence-electron chi connectivity index (χ1n) is 21.2. The summed E-state index contributed by atoms with van der Waals surface area (Å²) in [6, 6.07) is 43.6. The maximum absolute atomic E-state index is 14.1. The van der Waals surface area contributed by atoms with Gasteiger partial charge >= 0.3 is 0 Å². The first-order chi connectivity index (χ1) is 29.1. The van der Waals surface area contributed by atoms with E-state index >= 15 is 0 Å². The van der Waals surface area contributed by atoms with Crippen LogP contribution in [0.5, 0.6) is 0 Å². The summed E-state index contributed by atoms with van der Waals surface area (Å²) in [6.07, 6.45) is 3.63. The van der Waals surface area contributed by atoms with Gasteiger partial charge in [-0.15, -0.1) is 42.0 Å². The summed E-state index contributed by atoms with van der Waals surface area (Å²) in [7, 11) is 0. The summed E-state index contributed by atoms with van der Waals surface area (Å²) in [4.78, 5) is 14.3. The van der Waals surface area contributed by atoms with Crippen LogP contribution in [-0.4, -0.2) is 19.5 Å². The molecule has 0 unspecified atom stereocenters. The van der Waals surface area contributed by atoms with E-state index in [-0.39, 0.29) is 36.6 Å². The number of para-hydroxylation sites is 2. The Morgan fingerprint density at radius 3 is 2.14 bits per heavy atom. The number of hydrogen-bond acceptors (Lipinski definition) is 4. The smallest absolute Gasteiger partial charge is 0.168 e. The molecule has 59 heavy (non-hydrogen) atoms. The van der Waals surface area contributed by atoms with Gasteiger partial charge in [-0.05, 0) is 57.3 Å². The van der Waals surface area contributed by atoms with Crippen LogP contribution in [0.2, 0.25) is 0 Å². The van der Waals surface area contributed by atoms with Crippen LogP contribution in [0.25, 0.3) is 72.6 Å². The van der Waals surface area contributed by atoms with Gasteiger partial charge in [0.2, 0.25) is 0 Å². The van der Waals surface area contributed by atoms with E-state index in [1.807, 2.05) is 42.6 Å². The number of fused-ring (bicyclic) bond motifs is 4. The van der Waals surface area contributed by atoms with Crippen LogP contribution in [0, 0.1) is 24.8 Å². The minimum Gasteiger partial charge on any atom is -0.501 e. The second kappa shape index (κ2) is 16.8. The third-order valence-corrected chi connectivity index (χ3v) is 10.5. The van der Waals surface area contributed by atoms with Crippen molar-refractivity contribution in [3.05, 3.63) is 168 Å². The molecule has 4 heterocycles. The van der Waals surface area contributed by atoms with Gasteiger partial charge in [-0.1, -0.05) is 151 Å². The molecule has 9 aromatic rings. The predicted molar refractivity (Wildman–Crippen MR) is 236 cm³/mol. The normalized spacial score (nSPS) is 12.6. The number of benzene rings is 5. The Bertz CT molecular complexity index is 2990. The second-order valence-electron chi connectivity index (χ2n) is 16.3. The Balaban J connectivity index is 0.000000223. The van der Waals surface area contributed by atoms with E-state index in [9.17, 15) is 4.39 Å². The van der Waals surface area contributed by atoms with E-state index < -0.39 is 12.7 Å². The van der Waals surface area contributed by atoms with Gasteiger partial charge < -0.3 is 14.0 Å². The number of rotatable bonds is 6. The summed E-state index contributed by atoms with van der Waals surface area (Å²) in [5.41, 5.74) is 11.6. The molecule has 1 radical (unpaired) electrons. The maximum Gasteiger partial charge on any atom is 0.168 e. The standard InChI is InChI=1S/C36H30N3O.C16H17FN.Ir/c1-22(2)26-15-10-16-27(23(3)4)33(26)39-31-20-25(24-12-6-5-7-13-24)21-37-35(31)38-36(39)30-18-11-17-29-28-14-8-9-19-32(28)40-34(29)30;1-11-5-7-13(14(17)9-11)15-8-6-12(10-18-15)16(2,3)4;/h5-17,19-23H,1-4H3;5-6,8-10H,1-4H3;/q2*-1;/i;1D3;. The molecule has 7 heteroatoms. The number of furan rings is 1. The van der Waals surface area contributed by atoms with Crippen molar-refractivity contribution < 1.29 is 33.0 Å². The van der Waals surface area contributed by atoms with Crippen LogP contribution in [-0.2, 0) is 25.5 Å². The van der Waals surface area contributed by atoms with E-state index in [1.165, 1.54) is 22.9 Å². The zero-order valence-electron chi connectivity index (χ0n) is 37.2. The van der Waals surface area contributed by atoms with Gasteiger partial charge in [0.25, 0.3) is 0 Å². The minimum atomic E-state index is -2.33. The molecule has 0 aliphatic rings. The number of nitrogens with zero attached hydrogens (tertiary/aromatic N) is 4. The monoisotopic (exact) mass is 958 g/mol. The van der Waals surface area contributed by atoms with Crippen molar-refractivity contribution in [3.8, 4) is 39.5 Å². The van der Waals surface area contributed by atoms with E-state index in [0.29, 0.717) is 23.2 Å². The number of imidazole rings is 1. The van der Waals surface area contributed by atoms with Crippen molar-refractivity contribution in [2.75, 3.05) is 0 Å². The van der Waals surface area contributed by atoms with Crippen molar-refractivity contribution in [2.24, 2.45) is 0 Å². The average Bonchev–Trinajstić information content (AvgIpc) is 3.81. The fourth-order valence-corrected chi connectivity index (χ4v) is 7.42. The molecule has 0 spiro atoms. The first kappa shape index (κ1) is 37.5. The Kier molecular flexibility index (Phi) is 10.7. The number of halogens is 1. The van der Waals surface area contributed by atoms with Crippen molar-refractivity contribution >= 4 is 33.1 Å². The van der Waals surface area contributed by atoms with Crippen molar-refractivity contribution in [1.29, 1.82) is 0 Å². The van der Waals surface area contributed by atoms with Gasteiger partial charge in [-0.2, -0.15) is 0 Å². The summed E-state index contributed by atoms with van der Waals surface area (Å²) in [5.74, 6) is 0.789. The maximum atomic E-state index is 14.1. The van der Waals surface area contributed by atoms with Crippen LogP contribution in [0.4, 0.5) is 4.39 Å². The Morgan fingerprint density at radius 1 is 0.746 bits per heavy atom. The number of pyridine rings is 2. The number of hydrogen-bond donors (Lipinski definition) is 0. The van der Waals surface area contributed by atoms with E-state index in [4.69, 9.17) is 18.5 Å². The van der Waals surface area contributed by atoms with Gasteiger partial charge in [-0.3, -0.25) is 9.37 Å². The average molecular weight is 958 g/mol. The third-order valence-electron chi connectivity index (χ3n) is 10.5. The summed E-state index contributed by atoms with van der Waals surface area (Å²) < 4.78 is 44.7. The van der Waals surface area contributed by atoms with Gasteiger partial charge in [0.05, 0.1) is 16.9 Å². The van der Waals surface area contributed by atoms with E-state index in [2.05, 4.69) is 131 Å². The molecule has 0 aliphatic carbocycles. The first-order valence-corrected chi connectivity index (χ1v) is 19.7. The SMILES string of the molecule is CC(C)c1cccc(C(C)C)c1-n1c(-c2[c-]ccc3c2oc2ccccc23)nc2ncc(-c3ccccc3)cc21.[2H]C([2H])([2H])c1c[c-]c(-c2ccc(C(C)(C)C)cn2)c(F)c1.[Ir].